The quantitative estimate of drug-likeness (QED) is 0.344. The number of carbonyl (C=O) groups is 2. The van der Waals surface area contributed by atoms with Gasteiger partial charge in [0.15, 0.2) is 0 Å². The monoisotopic (exact) mass is 196 g/mol. The smallest absolute Gasteiger partial charge is 0.321 e. The molecule has 6 nitrogen and oxygen atoms in total. The highest BCUT2D eigenvalue weighted by Gasteiger charge is 2.06. The minimum Gasteiger partial charge on any atom is -0.480 e. The van der Waals surface area contributed by atoms with Crippen LogP contribution in [0.4, 0.5) is 0 Å². The maximum absolute atomic E-state index is 9.76. The molecule has 0 aliphatic heterocycles. The molecular weight excluding hydrogens is 184 g/mol. The number of thiol groups is 1. The van der Waals surface area contributed by atoms with Crippen LogP contribution in [0.3, 0.4) is 0 Å². The summed E-state index contributed by atoms with van der Waals surface area (Å²) in [5.74, 6) is -1.78. The fourth-order valence-corrected chi connectivity index (χ4v) is 0.234. The van der Waals surface area contributed by atoms with Crippen molar-refractivity contribution in [1.82, 2.24) is 0 Å². The van der Waals surface area contributed by atoms with Gasteiger partial charge in [0.2, 0.25) is 0 Å². The normalized spacial score (nSPS) is 10.9. The van der Waals surface area contributed by atoms with Crippen LogP contribution in [-0.4, -0.2) is 40.5 Å². The zero-order valence-electron chi connectivity index (χ0n) is 6.30. The van der Waals surface area contributed by atoms with Crippen LogP contribution in [0.5, 0.6) is 0 Å². The molecule has 0 aliphatic rings. The maximum Gasteiger partial charge on any atom is 0.321 e. The molecule has 12 heavy (non-hydrogen) atoms. The molecule has 0 aromatic carbocycles. The van der Waals surface area contributed by atoms with Crippen molar-refractivity contribution in [1.29, 1.82) is 0 Å². The second-order valence-electron chi connectivity index (χ2n) is 1.73. The molecule has 0 fully saturated rings. The van der Waals surface area contributed by atoms with E-state index >= 15 is 0 Å². The van der Waals surface area contributed by atoms with Crippen molar-refractivity contribution >= 4 is 24.6 Å². The van der Waals surface area contributed by atoms with Crippen molar-refractivity contribution in [2.24, 2.45) is 11.5 Å². The van der Waals surface area contributed by atoms with Crippen molar-refractivity contribution in [3.8, 4) is 0 Å². The van der Waals surface area contributed by atoms with Crippen LogP contribution in [0.2, 0.25) is 0 Å². The van der Waals surface area contributed by atoms with Crippen LogP contribution >= 0.6 is 12.6 Å². The van der Waals surface area contributed by atoms with Crippen LogP contribution in [0.1, 0.15) is 0 Å². The number of rotatable bonds is 3. The summed E-state index contributed by atoms with van der Waals surface area (Å²) in [6, 6.07) is -0.816. The molecule has 0 aromatic rings. The molecule has 0 rings (SSSR count). The molecule has 0 saturated heterocycles. The second-order valence-corrected chi connectivity index (χ2v) is 2.09. The van der Waals surface area contributed by atoms with E-state index in [4.69, 9.17) is 15.9 Å². The molecule has 0 amide bonds. The van der Waals surface area contributed by atoms with Gasteiger partial charge in [0.05, 0.1) is 6.54 Å². The highest BCUT2D eigenvalue weighted by molar-refractivity contribution is 7.80. The summed E-state index contributed by atoms with van der Waals surface area (Å²) in [4.78, 5) is 19.0. The Morgan fingerprint density at radius 1 is 1.42 bits per heavy atom. The Kier molecular flexibility index (Phi) is 9.54. The van der Waals surface area contributed by atoms with Crippen LogP contribution < -0.4 is 11.5 Å². The standard InChI is InChI=1S/C3H7NO2S.C2H5NO2/c4-2(1-7)3(5)6;3-1-2(4)5/h2,7H,1,4H2,(H,5,6);1,3H2,(H,4,5)/t2-;/m0./s1. The van der Waals surface area contributed by atoms with E-state index in [0.29, 0.717) is 0 Å². The van der Waals surface area contributed by atoms with Crippen LogP contribution in [0, 0.1) is 0 Å². The molecule has 0 spiro atoms. The van der Waals surface area contributed by atoms with E-state index in [1.54, 1.807) is 0 Å². The number of hydrogen-bond donors (Lipinski definition) is 5. The summed E-state index contributed by atoms with van der Waals surface area (Å²) in [6.45, 7) is -0.278. The Morgan fingerprint density at radius 2 is 1.75 bits per heavy atom. The third-order valence-electron chi connectivity index (χ3n) is 0.689. The number of aliphatic carboxylic acids is 2. The van der Waals surface area contributed by atoms with Gasteiger partial charge in [-0.15, -0.1) is 0 Å². The van der Waals surface area contributed by atoms with Gasteiger partial charge in [-0.2, -0.15) is 12.6 Å². The van der Waals surface area contributed by atoms with Gasteiger partial charge in [0.1, 0.15) is 6.04 Å². The van der Waals surface area contributed by atoms with Gasteiger partial charge in [-0.1, -0.05) is 0 Å². The summed E-state index contributed by atoms with van der Waals surface area (Å²) in [6.07, 6.45) is 0. The number of carboxylic acid groups (broad SMARTS) is 2. The van der Waals surface area contributed by atoms with Gasteiger partial charge in [0, 0.05) is 5.75 Å². The SMILES string of the molecule is NCC(=O)O.N[C@@H](CS)C(=O)O. The first kappa shape index (κ1) is 13.8. The van der Waals surface area contributed by atoms with Crippen molar-refractivity contribution in [3.63, 3.8) is 0 Å². The fourth-order valence-electron chi connectivity index (χ4n) is 0.0781. The van der Waals surface area contributed by atoms with Crippen molar-refractivity contribution in [3.05, 3.63) is 0 Å². The van der Waals surface area contributed by atoms with Crippen molar-refractivity contribution < 1.29 is 19.8 Å². The largest absolute Gasteiger partial charge is 0.480 e. The lowest BCUT2D eigenvalue weighted by Gasteiger charge is -1.96. The topological polar surface area (TPSA) is 127 Å². The zero-order chi connectivity index (χ0) is 10.1. The molecule has 0 heterocycles. The van der Waals surface area contributed by atoms with E-state index in [9.17, 15) is 9.59 Å². The Morgan fingerprint density at radius 3 is 1.75 bits per heavy atom. The molecule has 1 atom stereocenters. The van der Waals surface area contributed by atoms with E-state index in [0.717, 1.165) is 0 Å². The van der Waals surface area contributed by atoms with E-state index in [1.807, 2.05) is 0 Å². The second kappa shape index (κ2) is 8.31. The van der Waals surface area contributed by atoms with Crippen LogP contribution in [0.15, 0.2) is 0 Å². The highest BCUT2D eigenvalue weighted by Crippen LogP contribution is 1.80. The molecule has 0 aliphatic carbocycles. The third kappa shape index (κ3) is 11.9. The van der Waals surface area contributed by atoms with E-state index in [-0.39, 0.29) is 12.3 Å². The van der Waals surface area contributed by atoms with Gasteiger partial charge in [-0.3, -0.25) is 9.59 Å². The number of nitrogens with two attached hydrogens (primary N) is 2. The first-order valence-corrected chi connectivity index (χ1v) is 3.60. The lowest BCUT2D eigenvalue weighted by molar-refractivity contribution is -0.138. The Labute approximate surface area is 75.0 Å². The number of hydrogen-bond acceptors (Lipinski definition) is 5. The van der Waals surface area contributed by atoms with Gasteiger partial charge in [-0.25, -0.2) is 0 Å². The van der Waals surface area contributed by atoms with Crippen molar-refractivity contribution in [2.75, 3.05) is 12.3 Å². The predicted octanol–water partition coefficient (Wildman–Crippen LogP) is -1.64. The minimum atomic E-state index is -1.00. The van der Waals surface area contributed by atoms with Gasteiger partial charge in [0.25, 0.3) is 0 Å². The average Bonchev–Trinajstić information content (AvgIpc) is 2.04. The molecular formula is C5H12N2O4S. The minimum absolute atomic E-state index is 0.190. The lowest BCUT2D eigenvalue weighted by atomic mass is 10.4. The molecule has 0 saturated carbocycles. The summed E-state index contributed by atoms with van der Waals surface area (Å²) in [5, 5.41) is 15.6. The maximum atomic E-state index is 9.76. The average molecular weight is 196 g/mol. The van der Waals surface area contributed by atoms with Crippen LogP contribution in [0.25, 0.3) is 0 Å². The molecule has 7 heteroatoms. The van der Waals surface area contributed by atoms with E-state index in [1.165, 1.54) is 0 Å². The summed E-state index contributed by atoms with van der Waals surface area (Å²) in [5.41, 5.74) is 9.51. The summed E-state index contributed by atoms with van der Waals surface area (Å²) in [7, 11) is 0. The fraction of sp³-hybridized carbons (Fsp3) is 0.600. The predicted molar refractivity (Wildman–Crippen MR) is 46.2 cm³/mol. The van der Waals surface area contributed by atoms with E-state index < -0.39 is 18.0 Å². The Balaban J connectivity index is 0. The lowest BCUT2D eigenvalue weighted by Crippen LogP contribution is -2.31. The van der Waals surface area contributed by atoms with Gasteiger partial charge >= 0.3 is 11.9 Å². The Hall–Kier alpha value is -0.790. The Bertz CT molecular complexity index is 152. The van der Waals surface area contributed by atoms with Crippen LogP contribution in [-0.2, 0) is 9.59 Å². The summed E-state index contributed by atoms with van der Waals surface area (Å²) >= 11 is 3.65. The highest BCUT2D eigenvalue weighted by atomic mass is 32.1. The number of carboxylic acids is 2. The molecule has 0 radical (unpaired) electrons. The third-order valence-corrected chi connectivity index (χ3v) is 1.08. The first-order valence-electron chi connectivity index (χ1n) is 2.96. The molecule has 0 bridgehead atoms. The zero-order valence-corrected chi connectivity index (χ0v) is 7.20. The van der Waals surface area contributed by atoms with Crippen molar-refractivity contribution in [2.45, 2.75) is 6.04 Å². The molecule has 0 aromatic heterocycles. The van der Waals surface area contributed by atoms with E-state index in [2.05, 4.69) is 18.4 Å². The molecule has 6 N–H and O–H groups in total. The first-order chi connectivity index (χ1) is 5.45. The van der Waals surface area contributed by atoms with Gasteiger partial charge < -0.3 is 21.7 Å². The summed E-state index contributed by atoms with van der Waals surface area (Å²) < 4.78 is 0. The van der Waals surface area contributed by atoms with Gasteiger partial charge in [-0.05, 0) is 0 Å². The molecule has 0 unspecified atom stereocenters. The molecule has 72 valence electrons.